The predicted octanol–water partition coefficient (Wildman–Crippen LogP) is 17.3. The van der Waals surface area contributed by atoms with E-state index >= 15 is 0 Å². The summed E-state index contributed by atoms with van der Waals surface area (Å²) in [5.41, 5.74) is 0. The quantitative estimate of drug-likeness (QED) is 0.0362. The molecule has 0 rings (SSSR count). The molecule has 0 bridgehead atoms. The van der Waals surface area contributed by atoms with Crippen molar-refractivity contribution in [2.45, 2.75) is 327 Å². The monoisotopic (exact) mass is 874 g/mol. The summed E-state index contributed by atoms with van der Waals surface area (Å²) in [6.07, 6.45) is 66.2. The third-order valence-electron chi connectivity index (χ3n) is 13.3. The molecule has 0 saturated carbocycles. The molecule has 0 aliphatic heterocycles. The second-order valence-corrected chi connectivity index (χ2v) is 19.5. The fraction of sp³-hybridized carbons (Fsp3) is 0.912. The minimum absolute atomic E-state index is 0.152. The lowest BCUT2D eigenvalue weighted by Gasteiger charge is -2.26. The van der Waals surface area contributed by atoms with Gasteiger partial charge in [-0.2, -0.15) is 0 Å². The zero-order chi connectivity index (χ0) is 45.1. The van der Waals surface area contributed by atoms with Gasteiger partial charge in [0.1, 0.15) is 6.10 Å². The van der Waals surface area contributed by atoms with Gasteiger partial charge in [-0.1, -0.05) is 276 Å². The Morgan fingerprint density at radius 3 is 0.984 bits per heavy atom. The van der Waals surface area contributed by atoms with E-state index < -0.39 is 18.2 Å². The van der Waals surface area contributed by atoms with E-state index in [2.05, 4.69) is 43.5 Å². The first kappa shape index (κ1) is 60.8. The van der Waals surface area contributed by atoms with E-state index in [1.807, 2.05) is 0 Å². The molecule has 4 N–H and O–H groups in total. The molecule has 0 aromatic carbocycles. The summed E-state index contributed by atoms with van der Waals surface area (Å²) >= 11 is 0. The Hall–Kier alpha value is -1.17. The van der Waals surface area contributed by atoms with Gasteiger partial charge in [-0.05, 0) is 51.4 Å². The Kier molecular flexibility index (Phi) is 51.5. The Morgan fingerprint density at radius 1 is 0.387 bits per heavy atom. The van der Waals surface area contributed by atoms with Crippen molar-refractivity contribution < 1.29 is 20.1 Å². The molecule has 5 nitrogen and oxygen atoms in total. The summed E-state index contributed by atoms with van der Waals surface area (Å²) in [5, 5.41) is 33.7. The normalized spacial score (nSPS) is 13.4. The smallest absolute Gasteiger partial charge is 0.220 e. The maximum atomic E-state index is 12.5. The van der Waals surface area contributed by atoms with Crippen LogP contribution in [0.4, 0.5) is 0 Å². The molecule has 0 fully saturated rings. The third-order valence-corrected chi connectivity index (χ3v) is 13.3. The highest BCUT2D eigenvalue weighted by molar-refractivity contribution is 5.76. The van der Waals surface area contributed by atoms with Crippen molar-refractivity contribution in [1.82, 2.24) is 5.32 Å². The molecule has 0 aliphatic rings. The molecule has 368 valence electrons. The SMILES string of the molecule is CCCCCCCCCCCCCCCC/C=C/CC/C=C/CCCC(O)C(O)C(CO)NC(=O)CCCCCCCCCCCCCCCCCCCCCCCCCCC. The van der Waals surface area contributed by atoms with Gasteiger partial charge >= 0.3 is 0 Å². The minimum Gasteiger partial charge on any atom is -0.394 e. The Morgan fingerprint density at radius 2 is 0.661 bits per heavy atom. The molecular formula is C57H111NO4. The highest BCUT2D eigenvalue weighted by Gasteiger charge is 2.26. The minimum atomic E-state index is -1.16. The number of hydrogen-bond acceptors (Lipinski definition) is 4. The zero-order valence-corrected chi connectivity index (χ0v) is 42.0. The predicted molar refractivity (Wildman–Crippen MR) is 273 cm³/mol. The zero-order valence-electron chi connectivity index (χ0n) is 42.0. The molecule has 0 aromatic heterocycles. The van der Waals surface area contributed by atoms with Gasteiger partial charge in [0.15, 0.2) is 0 Å². The molecule has 0 aliphatic carbocycles. The maximum absolute atomic E-state index is 12.5. The average Bonchev–Trinajstić information content (AvgIpc) is 3.28. The van der Waals surface area contributed by atoms with Gasteiger partial charge in [-0.15, -0.1) is 0 Å². The highest BCUT2D eigenvalue weighted by Crippen LogP contribution is 2.18. The lowest BCUT2D eigenvalue weighted by Crippen LogP contribution is -2.50. The van der Waals surface area contributed by atoms with Gasteiger partial charge < -0.3 is 20.6 Å². The Bertz CT molecular complexity index is 920. The molecule has 0 heterocycles. The van der Waals surface area contributed by atoms with Crippen LogP contribution in [0.25, 0.3) is 0 Å². The van der Waals surface area contributed by atoms with Crippen LogP contribution in [0.1, 0.15) is 309 Å². The molecule has 0 spiro atoms. The first-order valence-corrected chi connectivity index (χ1v) is 28.1. The number of amides is 1. The van der Waals surface area contributed by atoms with Crippen LogP contribution in [0, 0.1) is 0 Å². The van der Waals surface area contributed by atoms with Crippen molar-refractivity contribution in [3.63, 3.8) is 0 Å². The van der Waals surface area contributed by atoms with Gasteiger partial charge in [0, 0.05) is 6.42 Å². The third kappa shape index (κ3) is 46.8. The van der Waals surface area contributed by atoms with E-state index in [0.29, 0.717) is 12.8 Å². The van der Waals surface area contributed by atoms with Crippen LogP contribution in [-0.2, 0) is 4.79 Å². The largest absolute Gasteiger partial charge is 0.394 e. The number of rotatable bonds is 52. The summed E-state index contributed by atoms with van der Waals surface area (Å²) in [6.45, 7) is 4.20. The van der Waals surface area contributed by atoms with Crippen molar-refractivity contribution >= 4 is 5.91 Å². The first-order chi connectivity index (χ1) is 30.6. The van der Waals surface area contributed by atoms with Gasteiger partial charge in [0.2, 0.25) is 5.91 Å². The number of carbonyl (C=O) groups excluding carboxylic acids is 1. The van der Waals surface area contributed by atoms with Crippen LogP contribution in [0.2, 0.25) is 0 Å². The Balaban J connectivity index is 3.57. The molecule has 5 heteroatoms. The van der Waals surface area contributed by atoms with Crippen molar-refractivity contribution in [3.8, 4) is 0 Å². The molecule has 1 amide bonds. The van der Waals surface area contributed by atoms with Crippen molar-refractivity contribution in [2.75, 3.05) is 6.61 Å². The standard InChI is InChI=1S/C57H111NO4/c1-3-5-7-9-11-13-15-17-19-21-23-25-27-28-30-32-34-36-38-40-42-44-46-48-50-52-56(61)58-54(53-59)57(62)55(60)51-49-47-45-43-41-39-37-35-33-31-29-26-24-22-20-18-16-14-12-10-8-6-4-2/h35,37,43,45,54-55,57,59-60,62H,3-34,36,38-42,44,46-53H2,1-2H3,(H,58,61)/b37-35+,45-43+. The summed E-state index contributed by atoms with van der Waals surface area (Å²) in [7, 11) is 0. The van der Waals surface area contributed by atoms with E-state index in [-0.39, 0.29) is 12.5 Å². The average molecular weight is 875 g/mol. The topological polar surface area (TPSA) is 89.8 Å². The number of aliphatic hydroxyl groups is 3. The van der Waals surface area contributed by atoms with E-state index in [0.717, 1.165) is 44.9 Å². The number of aliphatic hydroxyl groups excluding tert-OH is 3. The van der Waals surface area contributed by atoms with Crippen molar-refractivity contribution in [1.29, 1.82) is 0 Å². The number of allylic oxidation sites excluding steroid dienone is 4. The van der Waals surface area contributed by atoms with Gasteiger partial charge in [-0.25, -0.2) is 0 Å². The molecule has 0 aromatic rings. The van der Waals surface area contributed by atoms with E-state index in [9.17, 15) is 20.1 Å². The van der Waals surface area contributed by atoms with Crippen LogP contribution in [0.15, 0.2) is 24.3 Å². The van der Waals surface area contributed by atoms with E-state index in [1.165, 1.54) is 238 Å². The maximum Gasteiger partial charge on any atom is 0.220 e. The highest BCUT2D eigenvalue weighted by atomic mass is 16.3. The van der Waals surface area contributed by atoms with Crippen molar-refractivity contribution in [3.05, 3.63) is 24.3 Å². The van der Waals surface area contributed by atoms with Crippen LogP contribution >= 0.6 is 0 Å². The molecule has 0 radical (unpaired) electrons. The molecule has 3 atom stereocenters. The number of carbonyl (C=O) groups is 1. The number of nitrogens with one attached hydrogen (secondary N) is 1. The van der Waals surface area contributed by atoms with Crippen LogP contribution < -0.4 is 5.32 Å². The lowest BCUT2D eigenvalue weighted by atomic mass is 10.0. The van der Waals surface area contributed by atoms with Crippen LogP contribution in [-0.4, -0.2) is 46.1 Å². The fourth-order valence-corrected chi connectivity index (χ4v) is 8.95. The molecule has 0 saturated heterocycles. The number of unbranched alkanes of at least 4 members (excludes halogenated alkanes) is 40. The molecular weight excluding hydrogens is 763 g/mol. The second-order valence-electron chi connectivity index (χ2n) is 19.5. The lowest BCUT2D eigenvalue weighted by molar-refractivity contribution is -0.124. The van der Waals surface area contributed by atoms with E-state index in [4.69, 9.17) is 0 Å². The van der Waals surface area contributed by atoms with Gasteiger partial charge in [-0.3, -0.25) is 4.79 Å². The molecule has 62 heavy (non-hydrogen) atoms. The number of hydrogen-bond donors (Lipinski definition) is 4. The fourth-order valence-electron chi connectivity index (χ4n) is 8.95. The van der Waals surface area contributed by atoms with Gasteiger partial charge in [0.25, 0.3) is 0 Å². The second kappa shape index (κ2) is 52.5. The molecule has 3 unspecified atom stereocenters. The Labute approximate surface area is 388 Å². The van der Waals surface area contributed by atoms with Crippen LogP contribution in [0.3, 0.4) is 0 Å². The summed E-state index contributed by atoms with van der Waals surface area (Å²) in [6, 6.07) is -0.830. The summed E-state index contributed by atoms with van der Waals surface area (Å²) in [5.74, 6) is -0.152. The summed E-state index contributed by atoms with van der Waals surface area (Å²) < 4.78 is 0. The van der Waals surface area contributed by atoms with E-state index in [1.54, 1.807) is 0 Å². The summed E-state index contributed by atoms with van der Waals surface area (Å²) in [4.78, 5) is 12.5. The van der Waals surface area contributed by atoms with Gasteiger partial charge in [0.05, 0.1) is 18.8 Å². The first-order valence-electron chi connectivity index (χ1n) is 28.1. The van der Waals surface area contributed by atoms with Crippen LogP contribution in [0.5, 0.6) is 0 Å². The van der Waals surface area contributed by atoms with Crippen molar-refractivity contribution in [2.24, 2.45) is 0 Å².